The van der Waals surface area contributed by atoms with Crippen LogP contribution in [0.4, 0.5) is 0 Å². The highest BCUT2D eigenvalue weighted by Crippen LogP contribution is 2.36. The molecule has 9 aromatic rings. The summed E-state index contributed by atoms with van der Waals surface area (Å²) in [7, 11) is 0. The van der Waals surface area contributed by atoms with Gasteiger partial charge in [0.05, 0.1) is 5.52 Å². The van der Waals surface area contributed by atoms with Gasteiger partial charge in [-0.05, 0) is 47.0 Å². The van der Waals surface area contributed by atoms with Gasteiger partial charge in [-0.1, -0.05) is 121 Å². The smallest absolute Gasteiger partial charge is 0.164 e. The standard InChI is InChI=1S/C42H26N4O/c1-2-10-28(11-3-1)40-44-41(29-20-18-27(19-21-29)32-24-31-12-4-8-16-37(31)43-26-32)46-42(45-40)36-15-6-5-13-33(36)30-22-23-35-34-14-7-9-17-38(34)47-39(35)25-30/h1-26H. The number of nitrogens with zero attached hydrogens (tertiary/aromatic N) is 4. The lowest BCUT2D eigenvalue weighted by molar-refractivity contribution is 0.669. The summed E-state index contributed by atoms with van der Waals surface area (Å²) in [6.45, 7) is 0. The molecule has 0 saturated carbocycles. The molecule has 3 heterocycles. The second-order valence-corrected chi connectivity index (χ2v) is 11.5. The van der Waals surface area contributed by atoms with Gasteiger partial charge in [0.2, 0.25) is 0 Å². The van der Waals surface area contributed by atoms with Gasteiger partial charge in [-0.25, -0.2) is 15.0 Å². The molecule has 6 aromatic carbocycles. The van der Waals surface area contributed by atoms with E-state index in [2.05, 4.69) is 77.8 Å². The van der Waals surface area contributed by atoms with Crippen LogP contribution in [-0.4, -0.2) is 19.9 Å². The number of pyridine rings is 1. The minimum absolute atomic E-state index is 0.608. The second kappa shape index (κ2) is 11.2. The molecule has 220 valence electrons. The Hall–Kier alpha value is -6.46. The lowest BCUT2D eigenvalue weighted by Crippen LogP contribution is -2.01. The number of furan rings is 1. The van der Waals surface area contributed by atoms with Gasteiger partial charge in [-0.3, -0.25) is 4.98 Å². The van der Waals surface area contributed by atoms with E-state index in [1.165, 1.54) is 0 Å². The predicted octanol–water partition coefficient (Wildman–Crippen LogP) is 10.7. The van der Waals surface area contributed by atoms with E-state index >= 15 is 0 Å². The first-order chi connectivity index (χ1) is 23.3. The zero-order valence-electron chi connectivity index (χ0n) is 25.2. The van der Waals surface area contributed by atoms with E-state index in [9.17, 15) is 0 Å². The highest BCUT2D eigenvalue weighted by atomic mass is 16.3. The summed E-state index contributed by atoms with van der Waals surface area (Å²) in [5.41, 5.74) is 9.66. The van der Waals surface area contributed by atoms with Crippen molar-refractivity contribution in [3.63, 3.8) is 0 Å². The van der Waals surface area contributed by atoms with Gasteiger partial charge < -0.3 is 4.42 Å². The minimum atomic E-state index is 0.608. The Labute approximate surface area is 270 Å². The molecule has 5 nitrogen and oxygen atoms in total. The first-order valence-electron chi connectivity index (χ1n) is 15.5. The number of hydrogen-bond donors (Lipinski definition) is 0. The molecule has 47 heavy (non-hydrogen) atoms. The summed E-state index contributed by atoms with van der Waals surface area (Å²) < 4.78 is 6.23. The highest BCUT2D eigenvalue weighted by molar-refractivity contribution is 6.06. The summed E-state index contributed by atoms with van der Waals surface area (Å²) in [6.07, 6.45) is 1.92. The average Bonchev–Trinajstić information content (AvgIpc) is 3.53. The van der Waals surface area contributed by atoms with Crippen molar-refractivity contribution in [2.75, 3.05) is 0 Å². The van der Waals surface area contributed by atoms with Crippen LogP contribution in [0.1, 0.15) is 0 Å². The molecule has 0 radical (unpaired) electrons. The van der Waals surface area contributed by atoms with Crippen molar-refractivity contribution in [2.45, 2.75) is 0 Å². The van der Waals surface area contributed by atoms with E-state index in [4.69, 9.17) is 19.4 Å². The zero-order valence-corrected chi connectivity index (χ0v) is 25.2. The zero-order chi connectivity index (χ0) is 31.2. The summed E-state index contributed by atoms with van der Waals surface area (Å²) in [4.78, 5) is 19.7. The van der Waals surface area contributed by atoms with Crippen LogP contribution in [0.3, 0.4) is 0 Å². The molecule has 0 spiro atoms. The van der Waals surface area contributed by atoms with Crippen LogP contribution >= 0.6 is 0 Å². The summed E-state index contributed by atoms with van der Waals surface area (Å²) >= 11 is 0. The maximum Gasteiger partial charge on any atom is 0.164 e. The summed E-state index contributed by atoms with van der Waals surface area (Å²) in [5, 5.41) is 3.32. The molecule has 0 aliphatic carbocycles. The SMILES string of the molecule is c1ccc(-c2nc(-c3ccc(-c4cnc5ccccc5c4)cc3)nc(-c3ccccc3-c3ccc4c(c3)oc3ccccc34)n2)cc1. The third kappa shape index (κ3) is 4.91. The quantitative estimate of drug-likeness (QED) is 0.196. The van der Waals surface area contributed by atoms with Gasteiger partial charge in [0.15, 0.2) is 17.5 Å². The third-order valence-electron chi connectivity index (χ3n) is 8.59. The fourth-order valence-corrected chi connectivity index (χ4v) is 6.21. The Morgan fingerprint density at radius 1 is 0.383 bits per heavy atom. The molecule has 0 N–H and O–H groups in total. The first-order valence-corrected chi connectivity index (χ1v) is 15.5. The van der Waals surface area contributed by atoms with Crippen LogP contribution in [-0.2, 0) is 0 Å². The van der Waals surface area contributed by atoms with E-state index in [0.29, 0.717) is 17.5 Å². The first kappa shape index (κ1) is 26.9. The van der Waals surface area contributed by atoms with Crippen molar-refractivity contribution in [3.8, 4) is 56.4 Å². The van der Waals surface area contributed by atoms with Crippen LogP contribution < -0.4 is 0 Å². The molecule has 0 fully saturated rings. The number of fused-ring (bicyclic) bond motifs is 4. The molecule has 0 amide bonds. The van der Waals surface area contributed by atoms with Crippen molar-refractivity contribution in [2.24, 2.45) is 0 Å². The topological polar surface area (TPSA) is 64.7 Å². The van der Waals surface area contributed by atoms with Gasteiger partial charge in [0.25, 0.3) is 0 Å². The van der Waals surface area contributed by atoms with Gasteiger partial charge in [-0.15, -0.1) is 0 Å². The van der Waals surface area contributed by atoms with Crippen molar-refractivity contribution < 1.29 is 4.42 Å². The van der Waals surface area contributed by atoms with Gasteiger partial charge >= 0.3 is 0 Å². The van der Waals surface area contributed by atoms with E-state index in [1.807, 2.05) is 85.1 Å². The monoisotopic (exact) mass is 602 g/mol. The Balaban J connectivity index is 1.16. The summed E-state index contributed by atoms with van der Waals surface area (Å²) in [6, 6.07) is 51.5. The van der Waals surface area contributed by atoms with Crippen molar-refractivity contribution in [1.29, 1.82) is 0 Å². The second-order valence-electron chi connectivity index (χ2n) is 11.5. The van der Waals surface area contributed by atoms with Crippen molar-refractivity contribution in [3.05, 3.63) is 158 Å². The molecular formula is C42H26N4O. The van der Waals surface area contributed by atoms with Gasteiger partial charge in [0, 0.05) is 44.6 Å². The van der Waals surface area contributed by atoms with Crippen molar-refractivity contribution in [1.82, 2.24) is 19.9 Å². The molecule has 0 aliphatic heterocycles. The fourth-order valence-electron chi connectivity index (χ4n) is 6.21. The normalized spacial score (nSPS) is 11.4. The van der Waals surface area contributed by atoms with Crippen molar-refractivity contribution >= 4 is 32.8 Å². The molecule has 0 aliphatic rings. The van der Waals surface area contributed by atoms with Crippen LogP contribution in [0, 0.1) is 0 Å². The van der Waals surface area contributed by atoms with E-state index in [0.717, 1.165) is 71.8 Å². The lowest BCUT2D eigenvalue weighted by atomic mass is 9.98. The van der Waals surface area contributed by atoms with Gasteiger partial charge in [0.1, 0.15) is 11.2 Å². The fraction of sp³-hybridized carbons (Fsp3) is 0. The predicted molar refractivity (Wildman–Crippen MR) is 190 cm³/mol. The Morgan fingerprint density at radius 3 is 1.85 bits per heavy atom. The molecular weight excluding hydrogens is 576 g/mol. The number of benzene rings is 6. The van der Waals surface area contributed by atoms with Crippen LogP contribution in [0.15, 0.2) is 162 Å². The molecule has 0 atom stereocenters. The van der Waals surface area contributed by atoms with E-state index in [-0.39, 0.29) is 0 Å². The lowest BCUT2D eigenvalue weighted by Gasteiger charge is -2.12. The molecule has 0 saturated heterocycles. The average molecular weight is 603 g/mol. The number of para-hydroxylation sites is 2. The molecule has 0 bridgehead atoms. The van der Waals surface area contributed by atoms with Gasteiger partial charge in [-0.2, -0.15) is 0 Å². The van der Waals surface area contributed by atoms with Crippen LogP contribution in [0.2, 0.25) is 0 Å². The maximum atomic E-state index is 6.23. The number of aromatic nitrogens is 4. The molecule has 0 unspecified atom stereocenters. The maximum absolute atomic E-state index is 6.23. The minimum Gasteiger partial charge on any atom is -0.456 e. The Kier molecular flexibility index (Phi) is 6.39. The van der Waals surface area contributed by atoms with Crippen LogP contribution in [0.5, 0.6) is 0 Å². The Bertz CT molecular complexity index is 2570. The largest absolute Gasteiger partial charge is 0.456 e. The molecule has 3 aromatic heterocycles. The summed E-state index contributed by atoms with van der Waals surface area (Å²) in [5.74, 6) is 1.84. The van der Waals surface area contributed by atoms with E-state index in [1.54, 1.807) is 0 Å². The Morgan fingerprint density at radius 2 is 1.00 bits per heavy atom. The molecule has 9 rings (SSSR count). The third-order valence-corrected chi connectivity index (χ3v) is 8.59. The highest BCUT2D eigenvalue weighted by Gasteiger charge is 2.17. The van der Waals surface area contributed by atoms with Crippen LogP contribution in [0.25, 0.3) is 89.3 Å². The number of hydrogen-bond acceptors (Lipinski definition) is 5. The number of rotatable bonds is 5. The molecule has 5 heteroatoms. The van der Waals surface area contributed by atoms with E-state index < -0.39 is 0 Å².